The standard InChI is InChI=1S/C17H14N2O2/c1-12-5-7-15(8-6-12)19-10-9-16(18-19)13-3-2-4-14(11-13)17(20)21/h2-11H,1H3,(H,20,21). The Morgan fingerprint density at radius 2 is 1.86 bits per heavy atom. The van der Waals surface area contributed by atoms with Crippen LogP contribution in [0.1, 0.15) is 15.9 Å². The molecule has 0 bridgehead atoms. The molecule has 2 aromatic carbocycles. The molecule has 0 spiro atoms. The van der Waals surface area contributed by atoms with Crippen molar-refractivity contribution in [3.63, 3.8) is 0 Å². The van der Waals surface area contributed by atoms with Crippen LogP contribution in [0.5, 0.6) is 0 Å². The lowest BCUT2D eigenvalue weighted by molar-refractivity contribution is 0.0697. The van der Waals surface area contributed by atoms with Crippen molar-refractivity contribution in [3.8, 4) is 16.9 Å². The molecule has 3 aromatic rings. The number of hydrogen-bond acceptors (Lipinski definition) is 2. The third-order valence-electron chi connectivity index (χ3n) is 3.29. The number of aromatic nitrogens is 2. The zero-order valence-corrected chi connectivity index (χ0v) is 11.5. The molecule has 0 radical (unpaired) electrons. The minimum Gasteiger partial charge on any atom is -0.478 e. The van der Waals surface area contributed by atoms with E-state index in [0.717, 1.165) is 16.9 Å². The number of nitrogens with zero attached hydrogens (tertiary/aromatic N) is 2. The number of rotatable bonds is 3. The SMILES string of the molecule is Cc1ccc(-n2ccc(-c3cccc(C(=O)O)c3)n2)cc1. The van der Waals surface area contributed by atoms with Crippen LogP contribution in [0, 0.1) is 6.92 Å². The van der Waals surface area contributed by atoms with Crippen molar-refractivity contribution in [2.75, 3.05) is 0 Å². The van der Waals surface area contributed by atoms with E-state index in [1.807, 2.05) is 49.5 Å². The van der Waals surface area contributed by atoms with Gasteiger partial charge in [0.25, 0.3) is 0 Å². The van der Waals surface area contributed by atoms with Crippen LogP contribution in [0.3, 0.4) is 0 Å². The van der Waals surface area contributed by atoms with Crippen molar-refractivity contribution >= 4 is 5.97 Å². The predicted molar refractivity (Wildman–Crippen MR) is 80.7 cm³/mol. The predicted octanol–water partition coefficient (Wildman–Crippen LogP) is 3.55. The minimum atomic E-state index is -0.935. The summed E-state index contributed by atoms with van der Waals surface area (Å²) in [7, 11) is 0. The van der Waals surface area contributed by atoms with E-state index in [0.29, 0.717) is 0 Å². The Morgan fingerprint density at radius 3 is 2.57 bits per heavy atom. The van der Waals surface area contributed by atoms with Crippen molar-refractivity contribution in [2.24, 2.45) is 0 Å². The van der Waals surface area contributed by atoms with Crippen LogP contribution >= 0.6 is 0 Å². The second-order valence-electron chi connectivity index (χ2n) is 4.87. The molecule has 0 unspecified atom stereocenters. The Hall–Kier alpha value is -2.88. The van der Waals surface area contributed by atoms with Gasteiger partial charge in [-0.3, -0.25) is 0 Å². The highest BCUT2D eigenvalue weighted by molar-refractivity contribution is 5.89. The summed E-state index contributed by atoms with van der Waals surface area (Å²) in [5.41, 5.74) is 3.97. The van der Waals surface area contributed by atoms with Crippen molar-refractivity contribution < 1.29 is 9.90 Å². The lowest BCUT2D eigenvalue weighted by Gasteiger charge is -2.02. The van der Waals surface area contributed by atoms with Crippen LogP contribution in [0.2, 0.25) is 0 Å². The summed E-state index contributed by atoms with van der Waals surface area (Å²) in [6, 6.07) is 16.7. The molecule has 0 aliphatic heterocycles. The third-order valence-corrected chi connectivity index (χ3v) is 3.29. The minimum absolute atomic E-state index is 0.261. The molecule has 0 saturated carbocycles. The summed E-state index contributed by atoms with van der Waals surface area (Å²) in [5, 5.41) is 13.5. The number of benzene rings is 2. The first-order valence-electron chi connectivity index (χ1n) is 6.60. The van der Waals surface area contributed by atoms with Gasteiger partial charge in [-0.15, -0.1) is 0 Å². The largest absolute Gasteiger partial charge is 0.478 e. The second kappa shape index (κ2) is 5.25. The van der Waals surface area contributed by atoms with Gasteiger partial charge in [-0.2, -0.15) is 5.10 Å². The third kappa shape index (κ3) is 2.69. The van der Waals surface area contributed by atoms with Gasteiger partial charge in [0.2, 0.25) is 0 Å². The molecule has 1 aromatic heterocycles. The Balaban J connectivity index is 1.96. The van der Waals surface area contributed by atoms with Gasteiger partial charge in [-0.05, 0) is 37.3 Å². The molecule has 4 nitrogen and oxygen atoms in total. The number of hydrogen-bond donors (Lipinski definition) is 1. The zero-order valence-electron chi connectivity index (χ0n) is 11.5. The first-order chi connectivity index (χ1) is 10.1. The molecule has 0 aliphatic carbocycles. The number of aryl methyl sites for hydroxylation is 1. The van der Waals surface area contributed by atoms with Crippen LogP contribution in [0.25, 0.3) is 16.9 Å². The summed E-state index contributed by atoms with van der Waals surface area (Å²) in [6.07, 6.45) is 1.87. The Labute approximate surface area is 122 Å². The molecule has 0 aliphatic rings. The fourth-order valence-corrected chi connectivity index (χ4v) is 2.13. The van der Waals surface area contributed by atoms with Gasteiger partial charge in [-0.25, -0.2) is 9.48 Å². The van der Waals surface area contributed by atoms with Crippen molar-refractivity contribution in [2.45, 2.75) is 6.92 Å². The average molecular weight is 278 g/mol. The van der Waals surface area contributed by atoms with Crippen molar-refractivity contribution in [3.05, 3.63) is 71.9 Å². The molecule has 1 heterocycles. The van der Waals surface area contributed by atoms with Crippen LogP contribution in [0.4, 0.5) is 0 Å². The Morgan fingerprint density at radius 1 is 1.10 bits per heavy atom. The average Bonchev–Trinajstić information content (AvgIpc) is 2.98. The molecule has 1 N–H and O–H groups in total. The summed E-state index contributed by atoms with van der Waals surface area (Å²) in [4.78, 5) is 11.0. The van der Waals surface area contributed by atoms with Gasteiger partial charge in [0.05, 0.1) is 16.9 Å². The van der Waals surface area contributed by atoms with E-state index >= 15 is 0 Å². The summed E-state index contributed by atoms with van der Waals surface area (Å²) in [6.45, 7) is 2.04. The molecule has 4 heteroatoms. The van der Waals surface area contributed by atoms with Crippen LogP contribution in [-0.4, -0.2) is 20.9 Å². The summed E-state index contributed by atoms with van der Waals surface area (Å²) in [5.74, 6) is -0.935. The van der Waals surface area contributed by atoms with Crippen molar-refractivity contribution in [1.29, 1.82) is 0 Å². The molecule has 0 fully saturated rings. The van der Waals surface area contributed by atoms with Crippen LogP contribution in [-0.2, 0) is 0 Å². The lowest BCUT2D eigenvalue weighted by atomic mass is 10.1. The molecular formula is C17H14N2O2. The van der Waals surface area contributed by atoms with E-state index in [-0.39, 0.29) is 5.56 Å². The Bertz CT molecular complexity index is 789. The monoisotopic (exact) mass is 278 g/mol. The molecule has 21 heavy (non-hydrogen) atoms. The smallest absolute Gasteiger partial charge is 0.335 e. The van der Waals surface area contributed by atoms with Crippen molar-refractivity contribution in [1.82, 2.24) is 9.78 Å². The van der Waals surface area contributed by atoms with Gasteiger partial charge in [0.15, 0.2) is 0 Å². The maximum absolute atomic E-state index is 11.0. The van der Waals surface area contributed by atoms with E-state index in [9.17, 15) is 4.79 Å². The molecule has 0 saturated heterocycles. The highest BCUT2D eigenvalue weighted by Crippen LogP contribution is 2.20. The first kappa shape index (κ1) is 13.1. The topological polar surface area (TPSA) is 55.1 Å². The number of carbonyl (C=O) groups is 1. The quantitative estimate of drug-likeness (QED) is 0.797. The van der Waals surface area contributed by atoms with E-state index in [1.54, 1.807) is 22.9 Å². The molecule has 0 atom stereocenters. The van der Waals surface area contributed by atoms with E-state index < -0.39 is 5.97 Å². The van der Waals surface area contributed by atoms with Gasteiger partial charge in [0.1, 0.15) is 0 Å². The number of carboxylic acids is 1. The van der Waals surface area contributed by atoms with Gasteiger partial charge >= 0.3 is 5.97 Å². The van der Waals surface area contributed by atoms with E-state index in [2.05, 4.69) is 5.10 Å². The fraction of sp³-hybridized carbons (Fsp3) is 0.0588. The maximum atomic E-state index is 11.0. The molecule has 0 amide bonds. The van der Waals surface area contributed by atoms with E-state index in [1.165, 1.54) is 5.56 Å². The highest BCUT2D eigenvalue weighted by Gasteiger charge is 2.07. The van der Waals surface area contributed by atoms with Gasteiger partial charge in [0, 0.05) is 11.8 Å². The fourth-order valence-electron chi connectivity index (χ4n) is 2.13. The maximum Gasteiger partial charge on any atom is 0.335 e. The number of aromatic carboxylic acids is 1. The lowest BCUT2D eigenvalue weighted by Crippen LogP contribution is -1.97. The molecule has 3 rings (SSSR count). The molecule has 104 valence electrons. The first-order valence-corrected chi connectivity index (χ1v) is 6.60. The van der Waals surface area contributed by atoms with Gasteiger partial charge in [-0.1, -0.05) is 29.8 Å². The van der Waals surface area contributed by atoms with E-state index in [4.69, 9.17) is 5.11 Å². The highest BCUT2D eigenvalue weighted by atomic mass is 16.4. The summed E-state index contributed by atoms with van der Waals surface area (Å²) < 4.78 is 1.78. The van der Waals surface area contributed by atoms with Gasteiger partial charge < -0.3 is 5.11 Å². The molecular weight excluding hydrogens is 264 g/mol. The zero-order chi connectivity index (χ0) is 14.8. The van der Waals surface area contributed by atoms with Crippen LogP contribution < -0.4 is 0 Å². The summed E-state index contributed by atoms with van der Waals surface area (Å²) >= 11 is 0. The number of carboxylic acid groups (broad SMARTS) is 1. The van der Waals surface area contributed by atoms with Crippen LogP contribution in [0.15, 0.2) is 60.8 Å². The normalized spacial score (nSPS) is 10.5. The Kier molecular flexibility index (Phi) is 3.28. The second-order valence-corrected chi connectivity index (χ2v) is 4.87.